The monoisotopic (exact) mass is 617 g/mol. The summed E-state index contributed by atoms with van der Waals surface area (Å²) in [6.07, 6.45) is -3.03. The van der Waals surface area contributed by atoms with E-state index in [4.69, 9.17) is 10.2 Å². The molecule has 0 unspecified atom stereocenters. The number of hydrogen-bond donors (Lipinski definition) is 5. The molecule has 1 aromatic carbocycles. The molecule has 182 valence electrons. The van der Waals surface area contributed by atoms with E-state index < -0.39 is 35.9 Å². The Morgan fingerprint density at radius 2 is 1.23 bits per heavy atom. The number of aliphatic hydroxyl groups excluding tert-OH is 2. The van der Waals surface area contributed by atoms with Gasteiger partial charge in [-0.1, -0.05) is 48.5 Å². The maximum atomic E-state index is 12.3. The average molecular weight is 617 g/mol. The van der Waals surface area contributed by atoms with Crippen LogP contribution in [0.4, 0.5) is 0 Å². The fourth-order valence-electron chi connectivity index (χ4n) is 2.92. The van der Waals surface area contributed by atoms with Crippen molar-refractivity contribution >= 4 is 11.8 Å². The van der Waals surface area contributed by atoms with Crippen molar-refractivity contribution in [2.24, 2.45) is 16.7 Å². The molecule has 0 saturated heterocycles. The van der Waals surface area contributed by atoms with E-state index in [-0.39, 0.29) is 67.2 Å². The molecule has 5 N–H and O–H groups in total. The topological polar surface area (TPSA) is 139 Å². The van der Waals surface area contributed by atoms with Crippen molar-refractivity contribution in [2.75, 3.05) is 0 Å². The standard InChI is InChI=1S/C14H17NO5.C7H16O2.2Rh/c1-14(2,3)10(13(19)20)15-11(17)8-5-4-7(16)6-9(8)12(15)18;1-5(6(8)9)7(2,3)4;;/h4-6,10,13,16,19-20H,1-3H3;5-6,8-9H,1-4H3;;/t10-;5-;;/m11../s1. The van der Waals surface area contributed by atoms with Crippen molar-refractivity contribution in [3.8, 4) is 5.75 Å². The number of fused-ring (bicyclic) bond motifs is 1. The summed E-state index contributed by atoms with van der Waals surface area (Å²) < 4.78 is 0. The largest absolute Gasteiger partial charge is 0.508 e. The van der Waals surface area contributed by atoms with Gasteiger partial charge in [-0.05, 0) is 29.0 Å². The Morgan fingerprint density at radius 1 is 0.774 bits per heavy atom. The van der Waals surface area contributed by atoms with Crippen molar-refractivity contribution in [2.45, 2.75) is 67.1 Å². The van der Waals surface area contributed by atoms with Crippen LogP contribution in [0.15, 0.2) is 18.2 Å². The summed E-state index contributed by atoms with van der Waals surface area (Å²) in [5, 5.41) is 45.9. The molecule has 1 aliphatic heterocycles. The number of phenolic OH excluding ortho intramolecular Hbond substituents is 1. The van der Waals surface area contributed by atoms with Gasteiger partial charge in [0, 0.05) is 44.9 Å². The Hall–Kier alpha value is -0.753. The van der Waals surface area contributed by atoms with Gasteiger partial charge in [-0.2, -0.15) is 0 Å². The van der Waals surface area contributed by atoms with Gasteiger partial charge in [0.05, 0.1) is 17.2 Å². The summed E-state index contributed by atoms with van der Waals surface area (Å²) >= 11 is 0. The van der Waals surface area contributed by atoms with Gasteiger partial charge in [0.1, 0.15) is 5.75 Å². The van der Waals surface area contributed by atoms with Crippen LogP contribution in [0.2, 0.25) is 0 Å². The molecule has 31 heavy (non-hydrogen) atoms. The van der Waals surface area contributed by atoms with E-state index in [1.165, 1.54) is 18.2 Å². The van der Waals surface area contributed by atoms with Gasteiger partial charge in [0.15, 0.2) is 12.6 Å². The van der Waals surface area contributed by atoms with Gasteiger partial charge in [-0.3, -0.25) is 14.5 Å². The number of carbonyl (C=O) groups excluding carboxylic acids is 2. The van der Waals surface area contributed by atoms with E-state index in [2.05, 4.69) is 0 Å². The van der Waals surface area contributed by atoms with Crippen molar-refractivity contribution < 1.29 is 74.1 Å². The van der Waals surface area contributed by atoms with E-state index in [1.807, 2.05) is 27.7 Å². The van der Waals surface area contributed by atoms with Crippen molar-refractivity contribution in [1.29, 1.82) is 0 Å². The summed E-state index contributed by atoms with van der Waals surface area (Å²) in [6.45, 7) is 12.9. The molecule has 2 radical (unpaired) electrons. The quantitative estimate of drug-likeness (QED) is 0.198. The second-order valence-electron chi connectivity index (χ2n) is 9.50. The van der Waals surface area contributed by atoms with Gasteiger partial charge in [-0.15, -0.1) is 0 Å². The second kappa shape index (κ2) is 11.9. The van der Waals surface area contributed by atoms with Gasteiger partial charge >= 0.3 is 0 Å². The summed E-state index contributed by atoms with van der Waals surface area (Å²) in [4.78, 5) is 25.5. The number of carbonyl (C=O) groups is 2. The molecule has 0 spiro atoms. The molecule has 1 aromatic rings. The first kappa shape index (κ1) is 32.4. The van der Waals surface area contributed by atoms with E-state index in [0.29, 0.717) is 0 Å². The Morgan fingerprint density at radius 3 is 1.55 bits per heavy atom. The number of nitrogens with zero attached hydrogens (tertiary/aromatic N) is 1. The van der Waals surface area contributed by atoms with Crippen LogP contribution < -0.4 is 0 Å². The molecule has 0 aromatic heterocycles. The van der Waals surface area contributed by atoms with E-state index in [9.17, 15) is 24.9 Å². The first-order valence-corrected chi connectivity index (χ1v) is 9.43. The second-order valence-corrected chi connectivity index (χ2v) is 9.50. The van der Waals surface area contributed by atoms with Crippen LogP contribution >= 0.6 is 0 Å². The average Bonchev–Trinajstić information content (AvgIpc) is 2.77. The minimum absolute atomic E-state index is 0. The predicted octanol–water partition coefficient (Wildman–Crippen LogP) is 1.69. The molecule has 2 atom stereocenters. The van der Waals surface area contributed by atoms with Crippen LogP contribution in [0, 0.1) is 16.7 Å². The van der Waals surface area contributed by atoms with Crippen LogP contribution in [-0.4, -0.2) is 60.9 Å². The molecule has 0 aliphatic carbocycles. The minimum Gasteiger partial charge on any atom is -0.508 e. The van der Waals surface area contributed by atoms with Crippen molar-refractivity contribution in [3.05, 3.63) is 29.3 Å². The summed E-state index contributed by atoms with van der Waals surface area (Å²) in [7, 11) is 0. The number of aliphatic hydroxyl groups is 4. The maximum absolute atomic E-state index is 12.3. The number of hydrogen-bond acceptors (Lipinski definition) is 7. The van der Waals surface area contributed by atoms with Crippen LogP contribution in [-0.2, 0) is 39.0 Å². The SMILES string of the molecule is CC(C)(C)[C@@H](C(O)O)N1C(=O)c2ccc(O)cc2C1=O.C[C@H](C(O)O)C(C)(C)C.[Rh].[Rh]. The number of benzene rings is 1. The minimum atomic E-state index is -1.84. The first-order chi connectivity index (χ1) is 13.0. The van der Waals surface area contributed by atoms with E-state index in [1.54, 1.807) is 20.8 Å². The molecular formula is C21H33NO7Rh2. The first-order valence-electron chi connectivity index (χ1n) is 9.43. The number of aromatic hydroxyl groups is 1. The predicted molar refractivity (Wildman–Crippen MR) is 107 cm³/mol. The third-order valence-electron chi connectivity index (χ3n) is 5.16. The van der Waals surface area contributed by atoms with Crippen molar-refractivity contribution in [3.63, 3.8) is 0 Å². The molecule has 1 heterocycles. The Balaban J connectivity index is 0. The third-order valence-corrected chi connectivity index (χ3v) is 5.16. The number of amides is 2. The zero-order valence-electron chi connectivity index (χ0n) is 18.7. The molecule has 0 saturated carbocycles. The fourth-order valence-corrected chi connectivity index (χ4v) is 2.92. The molecule has 2 rings (SSSR count). The maximum Gasteiger partial charge on any atom is 0.262 e. The molecule has 0 bridgehead atoms. The number of rotatable bonds is 3. The van der Waals surface area contributed by atoms with E-state index >= 15 is 0 Å². The van der Waals surface area contributed by atoms with Gasteiger partial charge < -0.3 is 25.5 Å². The zero-order valence-corrected chi connectivity index (χ0v) is 22.0. The summed E-state index contributed by atoms with van der Waals surface area (Å²) in [6, 6.07) is 2.81. The van der Waals surface area contributed by atoms with Crippen LogP contribution in [0.5, 0.6) is 5.75 Å². The molecule has 2 amide bonds. The van der Waals surface area contributed by atoms with Crippen molar-refractivity contribution in [1.82, 2.24) is 4.90 Å². The molecule has 1 aliphatic rings. The smallest absolute Gasteiger partial charge is 0.262 e. The van der Waals surface area contributed by atoms with Gasteiger partial charge in [-0.25, -0.2) is 0 Å². The van der Waals surface area contributed by atoms with Crippen LogP contribution in [0.1, 0.15) is 69.2 Å². The fraction of sp³-hybridized carbons (Fsp3) is 0.619. The summed E-state index contributed by atoms with van der Waals surface area (Å²) in [5.41, 5.74) is -0.495. The number of phenols is 1. The molecule has 10 heteroatoms. The third kappa shape index (κ3) is 7.95. The van der Waals surface area contributed by atoms with Gasteiger partial charge in [0.2, 0.25) is 0 Å². The summed E-state index contributed by atoms with van der Waals surface area (Å²) in [5.74, 6) is -1.41. The van der Waals surface area contributed by atoms with Crippen LogP contribution in [0.3, 0.4) is 0 Å². The number of imide groups is 1. The Kier molecular flexibility index (Phi) is 12.5. The van der Waals surface area contributed by atoms with Gasteiger partial charge in [0.25, 0.3) is 11.8 Å². The Bertz CT molecular complexity index is 755. The molecular weight excluding hydrogens is 584 g/mol. The van der Waals surface area contributed by atoms with E-state index in [0.717, 1.165) is 4.90 Å². The zero-order chi connectivity index (χ0) is 22.9. The molecule has 8 nitrogen and oxygen atoms in total. The van der Waals surface area contributed by atoms with Crippen LogP contribution in [0.25, 0.3) is 0 Å². The normalized spacial score (nSPS) is 15.6. The Labute approximate surface area is 209 Å². The molecule has 0 fully saturated rings.